The van der Waals surface area contributed by atoms with Crippen molar-refractivity contribution in [2.24, 2.45) is 0 Å². The quantitative estimate of drug-likeness (QED) is 0.411. The molecule has 3 N–H and O–H groups in total. The maximum absolute atomic E-state index is 11.2. The molecule has 1 fully saturated rings. The minimum Gasteiger partial charge on any atom is -0.487 e. The summed E-state index contributed by atoms with van der Waals surface area (Å²) < 4.78 is 6.41. The predicted molar refractivity (Wildman–Crippen MR) is 115 cm³/mol. The Labute approximate surface area is 176 Å². The van der Waals surface area contributed by atoms with Gasteiger partial charge in [0.25, 0.3) is 5.91 Å². The summed E-state index contributed by atoms with van der Waals surface area (Å²) in [5, 5.41) is 19.4. The van der Waals surface area contributed by atoms with Gasteiger partial charge in [-0.25, -0.2) is 5.48 Å². The van der Waals surface area contributed by atoms with E-state index in [1.165, 1.54) is 6.08 Å². The van der Waals surface area contributed by atoms with Crippen molar-refractivity contribution in [2.45, 2.75) is 31.0 Å². The van der Waals surface area contributed by atoms with Crippen molar-refractivity contribution < 1.29 is 19.8 Å². The van der Waals surface area contributed by atoms with Crippen molar-refractivity contribution in [3.63, 3.8) is 0 Å². The molecule has 156 valence electrons. The number of hydrogen-bond donors (Lipinski definition) is 3. The molecule has 2 aliphatic heterocycles. The van der Waals surface area contributed by atoms with Gasteiger partial charge in [0, 0.05) is 49.7 Å². The summed E-state index contributed by atoms with van der Waals surface area (Å²) in [6, 6.07) is 15.7. The van der Waals surface area contributed by atoms with Gasteiger partial charge in [0.2, 0.25) is 0 Å². The Kier molecular flexibility index (Phi) is 5.61. The Bertz CT molecular complexity index is 962. The zero-order valence-corrected chi connectivity index (χ0v) is 16.8. The van der Waals surface area contributed by atoms with Gasteiger partial charge >= 0.3 is 0 Å². The average Bonchev–Trinajstić information content (AvgIpc) is 2.78. The maximum atomic E-state index is 11.2. The molecule has 6 nitrogen and oxygen atoms in total. The number of benzene rings is 2. The molecule has 6 heteroatoms. The smallest absolute Gasteiger partial charge is 0.267 e. The van der Waals surface area contributed by atoms with Crippen molar-refractivity contribution in [3.8, 4) is 5.75 Å². The summed E-state index contributed by atoms with van der Waals surface area (Å²) in [6.07, 6.45) is 4.35. The zero-order chi connectivity index (χ0) is 21.1. The minimum atomic E-state index is -0.627. The molecule has 30 heavy (non-hydrogen) atoms. The highest BCUT2D eigenvalue weighted by molar-refractivity contribution is 5.90. The third-order valence-corrected chi connectivity index (χ3v) is 5.99. The molecule has 1 atom stereocenters. The van der Waals surface area contributed by atoms with Crippen LogP contribution in [0.15, 0.2) is 61.2 Å². The molecular weight excluding hydrogens is 380 g/mol. The van der Waals surface area contributed by atoms with E-state index < -0.39 is 12.0 Å². The topological polar surface area (TPSA) is 82.0 Å². The van der Waals surface area contributed by atoms with Crippen LogP contribution in [0.3, 0.4) is 0 Å². The number of likely N-dealkylation sites (tertiary alicyclic amines) is 1. The third kappa shape index (κ3) is 4.10. The van der Waals surface area contributed by atoms with Gasteiger partial charge < -0.3 is 14.7 Å². The first-order chi connectivity index (χ1) is 14.5. The summed E-state index contributed by atoms with van der Waals surface area (Å²) in [5.41, 5.74) is 4.80. The predicted octanol–water partition coefficient (Wildman–Crippen LogP) is 3.53. The lowest BCUT2D eigenvalue weighted by atomic mass is 9.81. The Balaban J connectivity index is 1.45. The number of piperidine rings is 1. The number of ether oxygens (including phenoxy) is 1. The van der Waals surface area contributed by atoms with Crippen LogP contribution in [0.4, 0.5) is 0 Å². The highest BCUT2D eigenvalue weighted by Gasteiger charge is 2.43. The summed E-state index contributed by atoms with van der Waals surface area (Å²) in [6.45, 7) is 5.92. The Morgan fingerprint density at radius 2 is 1.93 bits per heavy atom. The highest BCUT2D eigenvalue weighted by Crippen LogP contribution is 2.45. The minimum absolute atomic E-state index is 0.381. The molecule has 0 radical (unpaired) electrons. The first-order valence-electron chi connectivity index (χ1n) is 10.1. The highest BCUT2D eigenvalue weighted by atomic mass is 16.5. The van der Waals surface area contributed by atoms with Crippen molar-refractivity contribution >= 4 is 17.7 Å². The van der Waals surface area contributed by atoms with Gasteiger partial charge in [0.05, 0.1) is 6.10 Å². The molecule has 1 amide bonds. The molecular formula is C24H26N2O4. The molecule has 4 rings (SSSR count). The maximum Gasteiger partial charge on any atom is 0.267 e. The van der Waals surface area contributed by atoms with Crippen LogP contribution in [0.2, 0.25) is 0 Å². The fourth-order valence-corrected chi connectivity index (χ4v) is 4.27. The van der Waals surface area contributed by atoms with Crippen molar-refractivity contribution in [1.82, 2.24) is 10.4 Å². The van der Waals surface area contributed by atoms with E-state index in [4.69, 9.17) is 9.94 Å². The van der Waals surface area contributed by atoms with Crippen LogP contribution in [0, 0.1) is 0 Å². The number of nitrogens with zero attached hydrogens (tertiary/aromatic N) is 1. The second kappa shape index (κ2) is 8.34. The number of hydroxylamine groups is 1. The number of aliphatic hydroxyl groups excluding tert-OH is 1. The van der Waals surface area contributed by atoms with E-state index in [9.17, 15) is 9.90 Å². The van der Waals surface area contributed by atoms with E-state index >= 15 is 0 Å². The first kappa shape index (κ1) is 20.2. The normalized spacial score (nSPS) is 19.9. The van der Waals surface area contributed by atoms with E-state index in [1.54, 1.807) is 11.6 Å². The van der Waals surface area contributed by atoms with Crippen LogP contribution in [-0.4, -0.2) is 39.8 Å². The van der Waals surface area contributed by atoms with Crippen LogP contribution in [-0.2, 0) is 4.79 Å². The zero-order valence-electron chi connectivity index (χ0n) is 16.8. The number of nitrogens with one attached hydrogen (secondary N) is 1. The lowest BCUT2D eigenvalue weighted by Crippen LogP contribution is -2.49. The fraction of sp³-hybridized carbons (Fsp3) is 0.292. The summed E-state index contributed by atoms with van der Waals surface area (Å²) in [4.78, 5) is 13.5. The van der Waals surface area contributed by atoms with Crippen molar-refractivity contribution in [2.75, 3.05) is 13.1 Å². The Morgan fingerprint density at radius 1 is 1.20 bits per heavy atom. The van der Waals surface area contributed by atoms with E-state index in [0.29, 0.717) is 12.2 Å². The van der Waals surface area contributed by atoms with E-state index in [0.717, 1.165) is 48.3 Å². The Hall–Kier alpha value is -3.09. The summed E-state index contributed by atoms with van der Waals surface area (Å²) in [5.74, 6) is 0.0835. The summed E-state index contributed by atoms with van der Waals surface area (Å²) in [7, 11) is 0. The molecule has 0 bridgehead atoms. The SMILES string of the molecule is C=C(c1ccccc1)N1CCC2(CC1)CC(O)c1cc(/C=C/C(=O)NO)ccc1O2. The number of amides is 1. The van der Waals surface area contributed by atoms with Crippen LogP contribution in [0.25, 0.3) is 11.8 Å². The standard InChI is InChI=1S/C24H26N2O4/c1-17(19-5-3-2-4-6-19)26-13-11-24(12-14-26)16-21(27)20-15-18(7-9-22(20)30-24)8-10-23(28)25-29/h2-10,15,21,27,29H,1,11-14,16H2,(H,25,28)/b10-8+. The van der Waals surface area contributed by atoms with Gasteiger partial charge in [0.1, 0.15) is 11.4 Å². The largest absolute Gasteiger partial charge is 0.487 e. The van der Waals surface area contributed by atoms with E-state index in [-0.39, 0.29) is 5.60 Å². The van der Waals surface area contributed by atoms with Gasteiger partial charge in [-0.3, -0.25) is 10.0 Å². The number of rotatable bonds is 4. The van der Waals surface area contributed by atoms with Crippen LogP contribution < -0.4 is 10.2 Å². The molecule has 2 aromatic carbocycles. The number of aliphatic hydroxyl groups is 1. The van der Waals surface area contributed by atoms with Crippen LogP contribution in [0.1, 0.15) is 42.1 Å². The number of carbonyl (C=O) groups excluding carboxylic acids is 1. The second-order valence-electron chi connectivity index (χ2n) is 7.91. The fourth-order valence-electron chi connectivity index (χ4n) is 4.27. The average molecular weight is 406 g/mol. The van der Waals surface area contributed by atoms with Gasteiger partial charge in [0.15, 0.2) is 0 Å². The number of hydrogen-bond acceptors (Lipinski definition) is 5. The van der Waals surface area contributed by atoms with E-state index in [2.05, 4.69) is 23.6 Å². The number of fused-ring (bicyclic) bond motifs is 1. The first-order valence-corrected chi connectivity index (χ1v) is 10.1. The molecule has 1 unspecified atom stereocenters. The summed E-state index contributed by atoms with van der Waals surface area (Å²) >= 11 is 0. The monoisotopic (exact) mass is 406 g/mol. The molecule has 2 heterocycles. The lowest BCUT2D eigenvalue weighted by Gasteiger charge is -2.46. The molecule has 1 saturated heterocycles. The molecule has 2 aromatic rings. The van der Waals surface area contributed by atoms with Gasteiger partial charge in [-0.2, -0.15) is 0 Å². The number of carbonyl (C=O) groups is 1. The van der Waals surface area contributed by atoms with Gasteiger partial charge in [-0.1, -0.05) is 43.0 Å². The van der Waals surface area contributed by atoms with Crippen LogP contribution in [0.5, 0.6) is 5.75 Å². The van der Waals surface area contributed by atoms with Crippen molar-refractivity contribution in [1.29, 1.82) is 0 Å². The molecule has 2 aliphatic rings. The van der Waals surface area contributed by atoms with E-state index in [1.807, 2.05) is 36.4 Å². The second-order valence-corrected chi connectivity index (χ2v) is 7.91. The molecule has 0 aromatic heterocycles. The molecule has 1 spiro atoms. The molecule has 0 saturated carbocycles. The Morgan fingerprint density at radius 3 is 2.63 bits per heavy atom. The lowest BCUT2D eigenvalue weighted by molar-refractivity contribution is -0.124. The van der Waals surface area contributed by atoms with Gasteiger partial charge in [-0.15, -0.1) is 0 Å². The third-order valence-electron chi connectivity index (χ3n) is 5.99. The van der Waals surface area contributed by atoms with Gasteiger partial charge in [-0.05, 0) is 29.3 Å². The van der Waals surface area contributed by atoms with Crippen molar-refractivity contribution in [3.05, 3.63) is 77.9 Å². The molecule has 0 aliphatic carbocycles. The van der Waals surface area contributed by atoms with Crippen LogP contribution >= 0.6 is 0 Å².